The summed E-state index contributed by atoms with van der Waals surface area (Å²) < 4.78 is 6.65. The second-order valence-corrected chi connectivity index (χ2v) is 6.51. The minimum absolute atomic E-state index is 0.0626. The fourth-order valence-electron chi connectivity index (χ4n) is 2.16. The Morgan fingerprint density at radius 1 is 1.50 bits per heavy atom. The van der Waals surface area contributed by atoms with E-state index in [0.717, 1.165) is 5.69 Å². The number of ether oxygens (including phenoxy) is 1. The average molecular weight is 251 g/mol. The van der Waals surface area contributed by atoms with Crippen molar-refractivity contribution in [2.24, 2.45) is 11.1 Å². The molecule has 0 aliphatic heterocycles. The maximum atomic E-state index is 11.8. The Morgan fingerprint density at radius 2 is 2.06 bits per heavy atom. The van der Waals surface area contributed by atoms with Crippen LogP contribution >= 0.6 is 0 Å². The molecule has 1 fully saturated rings. The van der Waals surface area contributed by atoms with Crippen LogP contribution < -0.4 is 5.73 Å². The third kappa shape index (κ3) is 2.27. The van der Waals surface area contributed by atoms with E-state index in [9.17, 15) is 4.79 Å². The fourth-order valence-corrected chi connectivity index (χ4v) is 2.16. The first kappa shape index (κ1) is 13.1. The molecular weight excluding hydrogens is 230 g/mol. The van der Waals surface area contributed by atoms with Crippen LogP contribution in [0.3, 0.4) is 0 Å². The number of hydrogen-bond acceptors (Lipinski definition) is 4. The predicted octanol–water partition coefficient (Wildman–Crippen LogP) is 2.12. The van der Waals surface area contributed by atoms with Crippen molar-refractivity contribution in [2.45, 2.75) is 52.2 Å². The highest BCUT2D eigenvalue weighted by molar-refractivity contribution is 5.70. The number of hydrogen-bond donors (Lipinski definition) is 1. The van der Waals surface area contributed by atoms with Crippen LogP contribution in [0.5, 0.6) is 0 Å². The zero-order valence-corrected chi connectivity index (χ0v) is 11.6. The van der Waals surface area contributed by atoms with E-state index < -0.39 is 11.7 Å². The summed E-state index contributed by atoms with van der Waals surface area (Å²) in [5.74, 6) is 0.223. The van der Waals surface area contributed by atoms with E-state index in [1.54, 1.807) is 6.20 Å². The fraction of sp³-hybridized carbons (Fsp3) is 0.692. The Bertz CT molecular complexity index is 471. The van der Waals surface area contributed by atoms with Crippen molar-refractivity contribution in [3.63, 3.8) is 0 Å². The summed E-state index contributed by atoms with van der Waals surface area (Å²) in [5, 5.41) is 0. The average Bonchev–Trinajstić information content (AvgIpc) is 2.63. The second kappa shape index (κ2) is 3.82. The molecule has 5 heteroatoms. The molecule has 1 aliphatic carbocycles. The maximum absolute atomic E-state index is 11.8. The summed E-state index contributed by atoms with van der Waals surface area (Å²) in [6.45, 7) is 9.72. The van der Waals surface area contributed by atoms with Gasteiger partial charge in [0.1, 0.15) is 11.9 Å². The van der Waals surface area contributed by atoms with E-state index >= 15 is 0 Å². The van der Waals surface area contributed by atoms with E-state index in [2.05, 4.69) is 18.8 Å². The summed E-state index contributed by atoms with van der Waals surface area (Å²) in [5.41, 5.74) is 6.42. The molecule has 18 heavy (non-hydrogen) atoms. The van der Waals surface area contributed by atoms with E-state index in [4.69, 9.17) is 10.5 Å². The molecule has 5 nitrogen and oxygen atoms in total. The van der Waals surface area contributed by atoms with E-state index in [-0.39, 0.29) is 17.4 Å². The van der Waals surface area contributed by atoms with Crippen molar-refractivity contribution in [1.82, 2.24) is 9.55 Å². The lowest BCUT2D eigenvalue weighted by Crippen LogP contribution is -2.26. The van der Waals surface area contributed by atoms with E-state index in [1.165, 1.54) is 10.9 Å². The third-order valence-corrected chi connectivity index (χ3v) is 3.44. The minimum Gasteiger partial charge on any atom is -0.443 e. The summed E-state index contributed by atoms with van der Waals surface area (Å²) in [6, 6.07) is 0.111. The molecule has 0 amide bonds. The Balaban J connectivity index is 2.10. The van der Waals surface area contributed by atoms with E-state index in [0.29, 0.717) is 0 Å². The number of carbonyl (C=O) groups is 1. The molecule has 2 N–H and O–H groups in total. The molecule has 100 valence electrons. The van der Waals surface area contributed by atoms with Crippen LogP contribution in [0.25, 0.3) is 0 Å². The van der Waals surface area contributed by atoms with Crippen LogP contribution in [-0.4, -0.2) is 27.3 Å². The maximum Gasteiger partial charge on any atom is 0.419 e. The monoisotopic (exact) mass is 251 g/mol. The highest BCUT2D eigenvalue weighted by Crippen LogP contribution is 2.56. The summed E-state index contributed by atoms with van der Waals surface area (Å²) >= 11 is 0. The number of carbonyl (C=O) groups excluding carboxylic acids is 1. The molecule has 1 aromatic rings. The lowest BCUT2D eigenvalue weighted by atomic mass is 10.1. The van der Waals surface area contributed by atoms with Crippen LogP contribution in [0.1, 0.15) is 46.2 Å². The first-order valence-corrected chi connectivity index (χ1v) is 6.16. The highest BCUT2D eigenvalue weighted by atomic mass is 16.6. The highest BCUT2D eigenvalue weighted by Gasteiger charge is 2.57. The molecule has 0 saturated heterocycles. The first-order chi connectivity index (χ1) is 8.13. The summed E-state index contributed by atoms with van der Waals surface area (Å²) in [6.07, 6.45) is 2.80. The molecule has 2 rings (SSSR count). The Hall–Kier alpha value is -1.36. The normalized spacial score (nSPS) is 25.9. The summed E-state index contributed by atoms with van der Waals surface area (Å²) in [7, 11) is 0. The van der Waals surface area contributed by atoms with E-state index in [1.807, 2.05) is 20.8 Å². The zero-order valence-electron chi connectivity index (χ0n) is 11.6. The van der Waals surface area contributed by atoms with Gasteiger partial charge in [0.25, 0.3) is 0 Å². The van der Waals surface area contributed by atoms with Gasteiger partial charge >= 0.3 is 6.09 Å². The second-order valence-electron chi connectivity index (χ2n) is 6.51. The molecule has 1 aliphatic rings. The quantitative estimate of drug-likeness (QED) is 0.830. The summed E-state index contributed by atoms with van der Waals surface area (Å²) in [4.78, 5) is 16.1. The molecule has 0 bridgehead atoms. The molecule has 1 saturated carbocycles. The predicted molar refractivity (Wildman–Crippen MR) is 68.4 cm³/mol. The van der Waals surface area contributed by atoms with Gasteiger partial charge in [-0.05, 0) is 26.2 Å². The molecule has 1 aromatic heterocycles. The number of imidazole rings is 1. The smallest absolute Gasteiger partial charge is 0.419 e. The van der Waals surface area contributed by atoms with Crippen molar-refractivity contribution in [2.75, 3.05) is 0 Å². The number of rotatable bonds is 1. The Kier molecular flexibility index (Phi) is 2.77. The molecule has 0 spiro atoms. The van der Waals surface area contributed by atoms with Crippen molar-refractivity contribution in [3.05, 3.63) is 18.2 Å². The van der Waals surface area contributed by atoms with Gasteiger partial charge < -0.3 is 10.5 Å². The van der Waals surface area contributed by atoms with Crippen LogP contribution in [0.4, 0.5) is 4.79 Å². The van der Waals surface area contributed by atoms with Gasteiger partial charge in [-0.25, -0.2) is 14.3 Å². The van der Waals surface area contributed by atoms with Gasteiger partial charge in [-0.1, -0.05) is 13.8 Å². The Labute approximate surface area is 107 Å². The van der Waals surface area contributed by atoms with Crippen LogP contribution in [0, 0.1) is 5.41 Å². The largest absolute Gasteiger partial charge is 0.443 e. The Morgan fingerprint density at radius 3 is 2.50 bits per heavy atom. The zero-order chi connectivity index (χ0) is 13.7. The van der Waals surface area contributed by atoms with Gasteiger partial charge in [0.05, 0.1) is 5.69 Å². The lowest BCUT2D eigenvalue weighted by Gasteiger charge is -2.19. The van der Waals surface area contributed by atoms with Crippen LogP contribution in [-0.2, 0) is 4.74 Å². The first-order valence-electron chi connectivity index (χ1n) is 6.16. The lowest BCUT2D eigenvalue weighted by molar-refractivity contribution is 0.0536. The topological polar surface area (TPSA) is 70.1 Å². The minimum atomic E-state index is -0.503. The van der Waals surface area contributed by atoms with Crippen molar-refractivity contribution in [3.8, 4) is 0 Å². The molecule has 0 aromatic carbocycles. The third-order valence-electron chi connectivity index (χ3n) is 3.44. The molecule has 2 atom stereocenters. The number of nitrogens with zero attached hydrogens (tertiary/aromatic N) is 2. The van der Waals surface area contributed by atoms with Gasteiger partial charge in [0, 0.05) is 18.2 Å². The molecular formula is C13H21N3O2. The molecule has 1 heterocycles. The number of aromatic nitrogens is 2. The van der Waals surface area contributed by atoms with Gasteiger partial charge in [0.2, 0.25) is 0 Å². The molecule has 2 unspecified atom stereocenters. The van der Waals surface area contributed by atoms with Crippen molar-refractivity contribution >= 4 is 6.09 Å². The SMILES string of the molecule is CC(C)(C)OC(=O)n1cnc(C2C(N)C2(C)C)c1. The number of nitrogens with two attached hydrogens (primary N) is 1. The van der Waals surface area contributed by atoms with Crippen molar-refractivity contribution < 1.29 is 9.53 Å². The van der Waals surface area contributed by atoms with Crippen LogP contribution in [0.2, 0.25) is 0 Å². The van der Waals surface area contributed by atoms with Crippen LogP contribution in [0.15, 0.2) is 12.5 Å². The van der Waals surface area contributed by atoms with Gasteiger partial charge in [-0.3, -0.25) is 0 Å². The molecule has 0 radical (unpaired) electrons. The van der Waals surface area contributed by atoms with Gasteiger partial charge in [-0.15, -0.1) is 0 Å². The van der Waals surface area contributed by atoms with Crippen molar-refractivity contribution in [1.29, 1.82) is 0 Å². The van der Waals surface area contributed by atoms with Gasteiger partial charge in [0.15, 0.2) is 0 Å². The standard InChI is InChI=1S/C13H21N3O2/c1-12(2,3)18-11(17)16-6-8(15-7-16)9-10(14)13(9,4)5/h6-7,9-10H,14H2,1-5H3. The van der Waals surface area contributed by atoms with Gasteiger partial charge in [-0.2, -0.15) is 0 Å².